The Labute approximate surface area is 179 Å². The maximum Gasteiger partial charge on any atom is 0.254 e. The van der Waals surface area contributed by atoms with Crippen molar-refractivity contribution in [2.75, 3.05) is 16.3 Å². The van der Waals surface area contributed by atoms with Gasteiger partial charge in [0.2, 0.25) is 15.9 Å². The number of nitrogens with two attached hydrogens (primary N) is 1. The fraction of sp³-hybridized carbons (Fsp3) is 0.300. The predicted octanol–water partition coefficient (Wildman–Crippen LogP) is 1.70. The molecular weight excluding hydrogens is 420 g/mol. The Morgan fingerprint density at radius 2 is 1.90 bits per heavy atom. The predicted molar refractivity (Wildman–Crippen MR) is 118 cm³/mol. The molecule has 1 aromatic carbocycles. The van der Waals surface area contributed by atoms with Crippen molar-refractivity contribution in [3.63, 3.8) is 0 Å². The summed E-state index contributed by atoms with van der Waals surface area (Å²) in [5.74, 6) is -0.831. The van der Waals surface area contributed by atoms with Crippen LogP contribution < -0.4 is 15.8 Å². The zero-order valence-corrected chi connectivity index (χ0v) is 18.5. The highest BCUT2D eigenvalue weighted by molar-refractivity contribution is 7.92. The van der Waals surface area contributed by atoms with Crippen LogP contribution in [0.2, 0.25) is 0 Å². The number of sulfonamides is 1. The number of nitrogens with zero attached hydrogens (tertiary/aromatic N) is 3. The minimum Gasteiger partial charge on any atom is -0.365 e. The molecule has 0 saturated carbocycles. The summed E-state index contributed by atoms with van der Waals surface area (Å²) in [6.07, 6.45) is 3.05. The molecule has 11 heteroatoms. The van der Waals surface area contributed by atoms with Gasteiger partial charge in [-0.3, -0.25) is 14.3 Å². The molecule has 0 radical (unpaired) electrons. The standard InChI is InChI=1S/C20H24N6O4S/c1-11-5-6-14(9-17(11)25-31(4,29)30)24-18(27)8-7-15-12(2)23-20-16(19(21)28)10-22-26(20)13(15)3/h5-6,9-10,25H,7-8H2,1-4H3,(H2,21,28)(H,24,27). The normalized spacial score (nSPS) is 11.5. The van der Waals surface area contributed by atoms with E-state index >= 15 is 0 Å². The number of hydrogen-bond acceptors (Lipinski definition) is 6. The largest absolute Gasteiger partial charge is 0.365 e. The van der Waals surface area contributed by atoms with Gasteiger partial charge in [-0.05, 0) is 50.5 Å². The molecule has 0 fully saturated rings. The number of aromatic nitrogens is 3. The smallest absolute Gasteiger partial charge is 0.254 e. The van der Waals surface area contributed by atoms with E-state index in [0.717, 1.165) is 23.1 Å². The third-order valence-electron chi connectivity index (χ3n) is 4.89. The Hall–Kier alpha value is -3.47. The molecule has 4 N–H and O–H groups in total. The summed E-state index contributed by atoms with van der Waals surface area (Å²) in [5, 5.41) is 6.96. The van der Waals surface area contributed by atoms with Gasteiger partial charge in [-0.25, -0.2) is 17.9 Å². The SMILES string of the molecule is Cc1ccc(NC(=O)CCc2c(C)nc3c(C(N)=O)cnn3c2C)cc1NS(C)(=O)=O. The number of primary amides is 1. The van der Waals surface area contributed by atoms with Gasteiger partial charge in [0.15, 0.2) is 5.65 Å². The van der Waals surface area contributed by atoms with Gasteiger partial charge in [-0.1, -0.05) is 6.07 Å². The Morgan fingerprint density at radius 3 is 2.55 bits per heavy atom. The van der Waals surface area contributed by atoms with E-state index in [1.165, 1.54) is 6.20 Å². The highest BCUT2D eigenvalue weighted by atomic mass is 32.2. The van der Waals surface area contributed by atoms with E-state index in [4.69, 9.17) is 5.73 Å². The number of carbonyl (C=O) groups excluding carboxylic acids is 2. The molecule has 2 aromatic heterocycles. The Kier molecular flexibility index (Phi) is 5.98. The zero-order valence-electron chi connectivity index (χ0n) is 17.7. The number of carbonyl (C=O) groups is 2. The molecule has 2 heterocycles. The lowest BCUT2D eigenvalue weighted by Gasteiger charge is -2.13. The van der Waals surface area contributed by atoms with Crippen LogP contribution in [0.1, 0.15) is 39.3 Å². The van der Waals surface area contributed by atoms with Crippen molar-refractivity contribution in [2.24, 2.45) is 5.73 Å². The molecule has 0 spiro atoms. The summed E-state index contributed by atoms with van der Waals surface area (Å²) in [7, 11) is -3.43. The lowest BCUT2D eigenvalue weighted by molar-refractivity contribution is -0.116. The third-order valence-corrected chi connectivity index (χ3v) is 5.48. The Bertz CT molecular complexity index is 1300. The second kappa shape index (κ2) is 8.34. The fourth-order valence-corrected chi connectivity index (χ4v) is 3.94. The van der Waals surface area contributed by atoms with E-state index in [9.17, 15) is 18.0 Å². The average Bonchev–Trinajstić information content (AvgIpc) is 3.07. The Balaban J connectivity index is 1.75. The van der Waals surface area contributed by atoms with Crippen LogP contribution in [0.5, 0.6) is 0 Å². The highest BCUT2D eigenvalue weighted by Crippen LogP contribution is 2.22. The van der Waals surface area contributed by atoms with Gasteiger partial charge in [0.25, 0.3) is 5.91 Å². The van der Waals surface area contributed by atoms with Crippen molar-refractivity contribution in [1.29, 1.82) is 0 Å². The molecule has 0 aliphatic rings. The highest BCUT2D eigenvalue weighted by Gasteiger charge is 2.17. The Morgan fingerprint density at radius 1 is 1.19 bits per heavy atom. The molecule has 2 amide bonds. The van der Waals surface area contributed by atoms with E-state index in [1.807, 2.05) is 6.92 Å². The van der Waals surface area contributed by atoms with E-state index in [0.29, 0.717) is 29.1 Å². The summed E-state index contributed by atoms with van der Waals surface area (Å²) < 4.78 is 27.0. The second-order valence-corrected chi connectivity index (χ2v) is 9.12. The van der Waals surface area contributed by atoms with Crippen LogP contribution in [-0.4, -0.2) is 41.1 Å². The molecule has 31 heavy (non-hydrogen) atoms. The molecule has 164 valence electrons. The first kappa shape index (κ1) is 22.2. The molecule has 10 nitrogen and oxygen atoms in total. The number of aryl methyl sites for hydroxylation is 3. The molecule has 0 aliphatic heterocycles. The van der Waals surface area contributed by atoms with Crippen molar-refractivity contribution >= 4 is 38.9 Å². The number of nitrogens with one attached hydrogen (secondary N) is 2. The molecule has 0 atom stereocenters. The van der Waals surface area contributed by atoms with E-state index < -0.39 is 15.9 Å². The molecule has 0 saturated heterocycles. The number of rotatable bonds is 7. The number of hydrogen-bond donors (Lipinski definition) is 3. The first-order valence-corrected chi connectivity index (χ1v) is 11.4. The minimum absolute atomic E-state index is 0.182. The number of benzene rings is 1. The summed E-state index contributed by atoms with van der Waals surface area (Å²) in [5.41, 5.74) is 9.95. The third kappa shape index (κ3) is 5.00. The van der Waals surface area contributed by atoms with E-state index in [-0.39, 0.29) is 17.9 Å². The van der Waals surface area contributed by atoms with Crippen LogP contribution in [0.4, 0.5) is 11.4 Å². The minimum atomic E-state index is -3.43. The molecule has 3 aromatic rings. The number of amides is 2. The van der Waals surface area contributed by atoms with Crippen LogP contribution in [0.3, 0.4) is 0 Å². The van der Waals surface area contributed by atoms with Crippen LogP contribution >= 0.6 is 0 Å². The topological polar surface area (TPSA) is 149 Å². The lowest BCUT2D eigenvalue weighted by atomic mass is 10.1. The van der Waals surface area contributed by atoms with Crippen molar-refractivity contribution in [1.82, 2.24) is 14.6 Å². The molecule has 0 aliphatic carbocycles. The molecule has 0 unspecified atom stereocenters. The van der Waals surface area contributed by atoms with E-state index in [1.54, 1.807) is 36.6 Å². The van der Waals surface area contributed by atoms with Crippen LogP contribution in [0.25, 0.3) is 5.65 Å². The van der Waals surface area contributed by atoms with Gasteiger partial charge in [-0.2, -0.15) is 5.10 Å². The summed E-state index contributed by atoms with van der Waals surface area (Å²) >= 11 is 0. The first-order chi connectivity index (χ1) is 14.5. The van der Waals surface area contributed by atoms with Crippen molar-refractivity contribution in [3.8, 4) is 0 Å². The average molecular weight is 445 g/mol. The van der Waals surface area contributed by atoms with E-state index in [2.05, 4.69) is 20.1 Å². The quantitative estimate of drug-likeness (QED) is 0.505. The maximum absolute atomic E-state index is 12.5. The monoisotopic (exact) mass is 444 g/mol. The number of anilines is 2. The summed E-state index contributed by atoms with van der Waals surface area (Å²) in [6, 6.07) is 5.01. The lowest BCUT2D eigenvalue weighted by Crippen LogP contribution is -2.16. The molecule has 3 rings (SSSR count). The van der Waals surface area contributed by atoms with Gasteiger partial charge in [0, 0.05) is 23.5 Å². The van der Waals surface area contributed by atoms with Crippen LogP contribution in [0.15, 0.2) is 24.4 Å². The molecular formula is C20H24N6O4S. The summed E-state index contributed by atoms with van der Waals surface area (Å²) in [4.78, 5) is 28.5. The maximum atomic E-state index is 12.5. The first-order valence-electron chi connectivity index (χ1n) is 9.48. The van der Waals surface area contributed by atoms with Crippen LogP contribution in [0, 0.1) is 20.8 Å². The van der Waals surface area contributed by atoms with Gasteiger partial charge in [0.05, 0.1) is 18.1 Å². The van der Waals surface area contributed by atoms with Crippen molar-refractivity contribution in [2.45, 2.75) is 33.6 Å². The molecule has 0 bridgehead atoms. The summed E-state index contributed by atoms with van der Waals surface area (Å²) in [6.45, 7) is 5.42. The van der Waals surface area contributed by atoms with Gasteiger partial charge >= 0.3 is 0 Å². The van der Waals surface area contributed by atoms with Crippen molar-refractivity contribution < 1.29 is 18.0 Å². The van der Waals surface area contributed by atoms with Crippen LogP contribution in [-0.2, 0) is 21.2 Å². The fourth-order valence-electron chi connectivity index (χ4n) is 3.32. The van der Waals surface area contributed by atoms with Gasteiger partial charge in [0.1, 0.15) is 5.56 Å². The zero-order chi connectivity index (χ0) is 22.9. The van der Waals surface area contributed by atoms with Gasteiger partial charge < -0.3 is 11.1 Å². The number of fused-ring (bicyclic) bond motifs is 1. The van der Waals surface area contributed by atoms with Crippen molar-refractivity contribution in [3.05, 3.63) is 52.5 Å². The van der Waals surface area contributed by atoms with Gasteiger partial charge in [-0.15, -0.1) is 0 Å². The second-order valence-electron chi connectivity index (χ2n) is 7.37.